The Kier molecular flexibility index (Phi) is 5.61. The molecule has 150 valence electrons. The maximum atomic E-state index is 13.5. The number of rotatable bonds is 3. The Morgan fingerprint density at radius 1 is 1.14 bits per heavy atom. The minimum absolute atomic E-state index is 0.0608. The second-order valence-corrected chi connectivity index (χ2v) is 8.01. The summed E-state index contributed by atoms with van der Waals surface area (Å²) in [5, 5.41) is 1.96. The summed E-state index contributed by atoms with van der Waals surface area (Å²) in [5.41, 5.74) is 3.58. The SMILES string of the molecule is CCc1nc2ccccc2c(C(=O)N2CCN(c3ncc(Cl)cc3Cl)CC2)c1C. The highest BCUT2D eigenvalue weighted by molar-refractivity contribution is 6.36. The van der Waals surface area contributed by atoms with Crippen molar-refractivity contribution in [3.05, 3.63) is 63.4 Å². The summed E-state index contributed by atoms with van der Waals surface area (Å²) < 4.78 is 0. The number of hydrogen-bond acceptors (Lipinski definition) is 4. The molecule has 0 atom stereocenters. The molecule has 0 spiro atoms. The first-order chi connectivity index (χ1) is 14.0. The van der Waals surface area contributed by atoms with Crippen LogP contribution < -0.4 is 4.90 Å². The number of amides is 1. The number of pyridine rings is 2. The molecular formula is C22H22Cl2N4O. The first-order valence-corrected chi connectivity index (χ1v) is 10.5. The van der Waals surface area contributed by atoms with Gasteiger partial charge in [0, 0.05) is 43.5 Å². The standard InChI is InChI=1S/C22H22Cl2N4O/c1-3-18-14(2)20(16-6-4-5-7-19(16)26-18)22(29)28-10-8-27(9-11-28)21-17(24)12-15(23)13-25-21/h4-7,12-13H,3,8-11H2,1-2H3. The van der Waals surface area contributed by atoms with Gasteiger partial charge in [0.2, 0.25) is 0 Å². The van der Waals surface area contributed by atoms with Crippen molar-refractivity contribution in [2.45, 2.75) is 20.3 Å². The van der Waals surface area contributed by atoms with Gasteiger partial charge in [0.1, 0.15) is 5.82 Å². The Hall–Kier alpha value is -2.37. The Balaban J connectivity index is 1.60. The molecule has 3 heterocycles. The molecular weight excluding hydrogens is 407 g/mol. The Morgan fingerprint density at radius 3 is 2.55 bits per heavy atom. The van der Waals surface area contributed by atoms with Crippen LogP contribution in [0.3, 0.4) is 0 Å². The fourth-order valence-electron chi connectivity index (χ4n) is 3.90. The third-order valence-corrected chi connectivity index (χ3v) is 5.93. The molecule has 2 aromatic heterocycles. The van der Waals surface area contributed by atoms with Crippen molar-refractivity contribution < 1.29 is 4.79 Å². The fraction of sp³-hybridized carbons (Fsp3) is 0.318. The predicted molar refractivity (Wildman–Crippen MR) is 118 cm³/mol. The molecule has 0 radical (unpaired) electrons. The first kappa shape index (κ1) is 19.9. The number of carbonyl (C=O) groups excluding carboxylic acids is 1. The normalized spacial score (nSPS) is 14.5. The quantitative estimate of drug-likeness (QED) is 0.602. The average Bonchev–Trinajstić information content (AvgIpc) is 2.73. The number of halogens is 2. The van der Waals surface area contributed by atoms with Gasteiger partial charge in [-0.2, -0.15) is 0 Å². The lowest BCUT2D eigenvalue weighted by molar-refractivity contribution is 0.0747. The lowest BCUT2D eigenvalue weighted by Crippen LogP contribution is -2.49. The maximum absolute atomic E-state index is 13.5. The number of anilines is 1. The lowest BCUT2D eigenvalue weighted by Gasteiger charge is -2.36. The molecule has 0 aliphatic carbocycles. The van der Waals surface area contributed by atoms with Crippen LogP contribution in [0.4, 0.5) is 5.82 Å². The van der Waals surface area contributed by atoms with Gasteiger partial charge in [0.15, 0.2) is 0 Å². The van der Waals surface area contributed by atoms with E-state index >= 15 is 0 Å². The van der Waals surface area contributed by atoms with E-state index < -0.39 is 0 Å². The summed E-state index contributed by atoms with van der Waals surface area (Å²) >= 11 is 12.3. The van der Waals surface area contributed by atoms with E-state index in [1.54, 1.807) is 12.3 Å². The van der Waals surface area contributed by atoms with Gasteiger partial charge in [-0.05, 0) is 31.0 Å². The average molecular weight is 429 g/mol. The number of para-hydroxylation sites is 1. The zero-order chi connectivity index (χ0) is 20.5. The molecule has 0 bridgehead atoms. The monoisotopic (exact) mass is 428 g/mol. The van der Waals surface area contributed by atoms with Gasteiger partial charge >= 0.3 is 0 Å². The molecule has 29 heavy (non-hydrogen) atoms. The molecule has 1 amide bonds. The van der Waals surface area contributed by atoms with Crippen LogP contribution >= 0.6 is 23.2 Å². The number of aromatic nitrogens is 2. The van der Waals surface area contributed by atoms with E-state index in [-0.39, 0.29) is 5.91 Å². The van der Waals surface area contributed by atoms with Gasteiger partial charge in [-0.3, -0.25) is 9.78 Å². The van der Waals surface area contributed by atoms with Gasteiger partial charge in [-0.25, -0.2) is 4.98 Å². The molecule has 5 nitrogen and oxygen atoms in total. The first-order valence-electron chi connectivity index (χ1n) is 9.73. The van der Waals surface area contributed by atoms with Gasteiger partial charge < -0.3 is 9.80 Å². The van der Waals surface area contributed by atoms with E-state index in [9.17, 15) is 4.79 Å². The summed E-state index contributed by atoms with van der Waals surface area (Å²) in [4.78, 5) is 26.6. The Bertz CT molecular complexity index is 1080. The highest BCUT2D eigenvalue weighted by Crippen LogP contribution is 2.28. The van der Waals surface area contributed by atoms with E-state index in [4.69, 9.17) is 28.2 Å². The van der Waals surface area contributed by atoms with E-state index in [1.807, 2.05) is 36.1 Å². The molecule has 1 aliphatic rings. The van der Waals surface area contributed by atoms with Crippen LogP contribution in [0.2, 0.25) is 10.0 Å². The lowest BCUT2D eigenvalue weighted by atomic mass is 9.99. The van der Waals surface area contributed by atoms with Crippen LogP contribution in [0.5, 0.6) is 0 Å². The summed E-state index contributed by atoms with van der Waals surface area (Å²) in [6.45, 7) is 6.62. The van der Waals surface area contributed by atoms with Crippen molar-refractivity contribution >= 4 is 45.8 Å². The van der Waals surface area contributed by atoms with Crippen LogP contribution in [-0.4, -0.2) is 47.0 Å². The van der Waals surface area contributed by atoms with Gasteiger partial charge in [0.25, 0.3) is 5.91 Å². The fourth-order valence-corrected chi connectivity index (χ4v) is 4.40. The van der Waals surface area contributed by atoms with Crippen molar-refractivity contribution in [2.75, 3.05) is 31.1 Å². The highest BCUT2D eigenvalue weighted by Gasteiger charge is 2.27. The van der Waals surface area contributed by atoms with E-state index in [2.05, 4.69) is 16.8 Å². The largest absolute Gasteiger partial charge is 0.352 e. The Morgan fingerprint density at radius 2 is 1.86 bits per heavy atom. The highest BCUT2D eigenvalue weighted by atomic mass is 35.5. The minimum atomic E-state index is 0.0608. The maximum Gasteiger partial charge on any atom is 0.255 e. The molecule has 1 fully saturated rings. The molecule has 1 aliphatic heterocycles. The molecule has 1 saturated heterocycles. The second kappa shape index (κ2) is 8.17. The zero-order valence-corrected chi connectivity index (χ0v) is 18.0. The van der Waals surface area contributed by atoms with Crippen LogP contribution in [0, 0.1) is 6.92 Å². The predicted octanol–water partition coefficient (Wildman–Crippen LogP) is 4.77. The van der Waals surface area contributed by atoms with Crippen LogP contribution in [0.25, 0.3) is 10.9 Å². The molecule has 0 unspecified atom stereocenters. The molecule has 0 saturated carbocycles. The van der Waals surface area contributed by atoms with Crippen molar-refractivity contribution in [3.8, 4) is 0 Å². The summed E-state index contributed by atoms with van der Waals surface area (Å²) in [7, 11) is 0. The number of benzene rings is 1. The number of hydrogen-bond donors (Lipinski definition) is 0. The van der Waals surface area contributed by atoms with Crippen molar-refractivity contribution in [3.63, 3.8) is 0 Å². The van der Waals surface area contributed by atoms with Crippen molar-refractivity contribution in [1.82, 2.24) is 14.9 Å². The molecule has 3 aromatic rings. The summed E-state index contributed by atoms with van der Waals surface area (Å²) in [5.74, 6) is 0.771. The second-order valence-electron chi connectivity index (χ2n) is 7.17. The van der Waals surface area contributed by atoms with E-state index in [0.29, 0.717) is 42.0 Å². The van der Waals surface area contributed by atoms with Crippen molar-refractivity contribution in [1.29, 1.82) is 0 Å². The Labute approximate surface area is 180 Å². The van der Waals surface area contributed by atoms with E-state index in [1.165, 1.54) is 0 Å². The smallest absolute Gasteiger partial charge is 0.255 e. The molecule has 4 rings (SSSR count). The van der Waals surface area contributed by atoms with Crippen LogP contribution in [0.15, 0.2) is 36.5 Å². The van der Waals surface area contributed by atoms with E-state index in [0.717, 1.165) is 34.1 Å². The van der Waals surface area contributed by atoms with Gasteiger partial charge in [-0.1, -0.05) is 48.3 Å². The third-order valence-electron chi connectivity index (χ3n) is 5.44. The summed E-state index contributed by atoms with van der Waals surface area (Å²) in [6.07, 6.45) is 2.39. The number of piperazine rings is 1. The topological polar surface area (TPSA) is 49.3 Å². The molecule has 7 heteroatoms. The van der Waals surface area contributed by atoms with Crippen LogP contribution in [0.1, 0.15) is 28.5 Å². The zero-order valence-electron chi connectivity index (χ0n) is 16.5. The molecule has 0 N–H and O–H groups in total. The van der Waals surface area contributed by atoms with Gasteiger partial charge in [-0.15, -0.1) is 0 Å². The number of fused-ring (bicyclic) bond motifs is 1. The molecule has 1 aromatic carbocycles. The number of carbonyl (C=O) groups is 1. The third kappa shape index (κ3) is 3.77. The summed E-state index contributed by atoms with van der Waals surface area (Å²) in [6, 6.07) is 9.56. The number of nitrogens with zero attached hydrogens (tertiary/aromatic N) is 4. The number of aryl methyl sites for hydroxylation is 1. The van der Waals surface area contributed by atoms with Crippen molar-refractivity contribution in [2.24, 2.45) is 0 Å². The minimum Gasteiger partial charge on any atom is -0.352 e. The van der Waals surface area contributed by atoms with Crippen LogP contribution in [-0.2, 0) is 6.42 Å². The van der Waals surface area contributed by atoms with Gasteiger partial charge in [0.05, 0.1) is 21.1 Å².